The largest absolute Gasteiger partial charge is 0.463 e. The summed E-state index contributed by atoms with van der Waals surface area (Å²) in [6.07, 6.45) is 2.33. The van der Waals surface area contributed by atoms with Crippen LogP contribution in [0.15, 0.2) is 0 Å². The van der Waals surface area contributed by atoms with E-state index in [1.165, 1.54) is 0 Å². The number of carbonyl (C=O) groups is 1. The highest BCUT2D eigenvalue weighted by molar-refractivity contribution is 5.69. The third-order valence-electron chi connectivity index (χ3n) is 2.84. The van der Waals surface area contributed by atoms with Crippen molar-refractivity contribution in [3.05, 3.63) is 0 Å². The highest BCUT2D eigenvalue weighted by Gasteiger charge is 2.25. The molecule has 0 bridgehead atoms. The molecule has 2 atom stereocenters. The third-order valence-corrected chi connectivity index (χ3v) is 2.84. The van der Waals surface area contributed by atoms with Crippen molar-refractivity contribution in [1.29, 1.82) is 0 Å². The second-order valence-corrected chi connectivity index (χ2v) is 6.10. The lowest BCUT2D eigenvalue weighted by molar-refractivity contribution is -0.383. The monoisotopic (exact) mass is 305 g/mol. The minimum Gasteiger partial charge on any atom is -0.463 e. The maximum Gasteiger partial charge on any atom is 0.305 e. The topological polar surface area (TPSA) is 86.3 Å². The number of hydrogen-bond acceptors (Lipinski definition) is 7. The molecule has 1 aliphatic heterocycles. The van der Waals surface area contributed by atoms with Gasteiger partial charge >= 0.3 is 5.97 Å². The number of carbonyl (C=O) groups excluding carboxylic acids is 1. The molecule has 21 heavy (non-hydrogen) atoms. The van der Waals surface area contributed by atoms with Crippen molar-refractivity contribution in [2.24, 2.45) is 0 Å². The number of hydrogen-bond donors (Lipinski definition) is 2. The van der Waals surface area contributed by atoms with Gasteiger partial charge in [-0.3, -0.25) is 4.79 Å². The average molecular weight is 305 g/mol. The van der Waals surface area contributed by atoms with Crippen LogP contribution < -0.4 is 5.48 Å². The zero-order valence-corrected chi connectivity index (χ0v) is 13.1. The van der Waals surface area contributed by atoms with E-state index in [0.29, 0.717) is 19.4 Å². The fourth-order valence-corrected chi connectivity index (χ4v) is 1.80. The molecule has 0 aromatic rings. The molecule has 0 amide bonds. The molecule has 2 N–H and O–H groups in total. The van der Waals surface area contributed by atoms with Crippen molar-refractivity contribution >= 4 is 5.97 Å². The summed E-state index contributed by atoms with van der Waals surface area (Å²) in [6, 6.07) is 0. The Bertz CT molecular complexity index is 304. The zero-order chi connectivity index (χ0) is 15.7. The molecule has 0 aliphatic carbocycles. The highest BCUT2D eigenvalue weighted by Crippen LogP contribution is 2.19. The van der Waals surface area contributed by atoms with Gasteiger partial charge in [0.05, 0.1) is 24.4 Å². The average Bonchev–Trinajstić information content (AvgIpc) is 2.87. The Labute approximate surface area is 125 Å². The molecule has 1 fully saturated rings. The van der Waals surface area contributed by atoms with Gasteiger partial charge in [-0.1, -0.05) is 0 Å². The normalized spacial score (nSPS) is 22.5. The minimum absolute atomic E-state index is 0.0206. The molecule has 7 nitrogen and oxygen atoms in total. The highest BCUT2D eigenvalue weighted by atomic mass is 17.3. The third kappa shape index (κ3) is 9.00. The summed E-state index contributed by atoms with van der Waals surface area (Å²) >= 11 is 0. The van der Waals surface area contributed by atoms with Crippen LogP contribution in [0.3, 0.4) is 0 Å². The predicted octanol–water partition coefficient (Wildman–Crippen LogP) is 1.10. The maximum atomic E-state index is 11.5. The van der Waals surface area contributed by atoms with Crippen LogP contribution in [0, 0.1) is 0 Å². The molecule has 1 rings (SSSR count). The minimum atomic E-state index is -0.375. The zero-order valence-electron chi connectivity index (χ0n) is 13.1. The van der Waals surface area contributed by atoms with E-state index in [2.05, 4.69) is 5.48 Å². The standard InChI is InChI=1S/C14H27NO6/c1-14(2,3)20-21-15-8-4-5-13(17)18-10-12-7-6-11(9-16)19-12/h11-12,15-16H,4-10H2,1-3H3. The van der Waals surface area contributed by atoms with Crippen LogP contribution >= 0.6 is 0 Å². The van der Waals surface area contributed by atoms with Gasteiger partial charge in [0.15, 0.2) is 0 Å². The Hall–Kier alpha value is -0.730. The van der Waals surface area contributed by atoms with Gasteiger partial charge < -0.3 is 14.6 Å². The summed E-state index contributed by atoms with van der Waals surface area (Å²) in [5.74, 6) is -0.260. The van der Waals surface area contributed by atoms with E-state index in [1.807, 2.05) is 20.8 Å². The SMILES string of the molecule is CC(C)(C)OONCCCC(=O)OCC1CCC(CO)O1. The Morgan fingerprint density at radius 1 is 1.33 bits per heavy atom. The number of aliphatic hydroxyl groups is 1. The summed E-state index contributed by atoms with van der Waals surface area (Å²) < 4.78 is 10.6. The lowest BCUT2D eigenvalue weighted by Gasteiger charge is -2.17. The van der Waals surface area contributed by atoms with E-state index in [1.54, 1.807) is 0 Å². The summed E-state index contributed by atoms with van der Waals surface area (Å²) in [5, 5.41) is 8.94. The summed E-state index contributed by atoms with van der Waals surface area (Å²) in [5.41, 5.74) is 2.25. The number of aliphatic hydroxyl groups excluding tert-OH is 1. The van der Waals surface area contributed by atoms with Crippen molar-refractivity contribution in [3.63, 3.8) is 0 Å². The van der Waals surface area contributed by atoms with Gasteiger partial charge in [-0.2, -0.15) is 5.48 Å². The molecule has 0 aromatic carbocycles. The van der Waals surface area contributed by atoms with E-state index in [9.17, 15) is 4.79 Å². The number of esters is 1. The van der Waals surface area contributed by atoms with Gasteiger partial charge in [0, 0.05) is 13.0 Å². The Morgan fingerprint density at radius 2 is 2.05 bits per heavy atom. The van der Waals surface area contributed by atoms with Crippen LogP contribution in [0.4, 0.5) is 0 Å². The molecular formula is C14H27NO6. The number of hydroxylamine groups is 1. The van der Waals surface area contributed by atoms with Crippen LogP contribution in [0.25, 0.3) is 0 Å². The lowest BCUT2D eigenvalue weighted by Crippen LogP contribution is -2.26. The lowest BCUT2D eigenvalue weighted by atomic mass is 10.2. The van der Waals surface area contributed by atoms with Crippen molar-refractivity contribution < 1.29 is 29.3 Å². The van der Waals surface area contributed by atoms with Gasteiger partial charge in [-0.25, -0.2) is 4.89 Å². The molecular weight excluding hydrogens is 278 g/mol. The molecule has 0 spiro atoms. The first-order valence-corrected chi connectivity index (χ1v) is 7.40. The summed E-state index contributed by atoms with van der Waals surface area (Å²) in [7, 11) is 0. The Kier molecular flexibility index (Phi) is 8.13. The van der Waals surface area contributed by atoms with E-state index >= 15 is 0 Å². The Morgan fingerprint density at radius 3 is 2.67 bits per heavy atom. The van der Waals surface area contributed by atoms with E-state index in [0.717, 1.165) is 12.8 Å². The maximum absolute atomic E-state index is 11.5. The van der Waals surface area contributed by atoms with Gasteiger partial charge in [-0.05, 0) is 40.0 Å². The van der Waals surface area contributed by atoms with Gasteiger partial charge in [-0.15, -0.1) is 4.99 Å². The molecule has 0 saturated carbocycles. The van der Waals surface area contributed by atoms with Crippen LogP contribution in [0.1, 0.15) is 46.5 Å². The van der Waals surface area contributed by atoms with Crippen molar-refractivity contribution in [2.45, 2.75) is 64.3 Å². The van der Waals surface area contributed by atoms with E-state index < -0.39 is 0 Å². The number of nitrogens with one attached hydrogen (secondary N) is 1. The molecule has 124 valence electrons. The van der Waals surface area contributed by atoms with E-state index in [4.69, 9.17) is 24.5 Å². The fraction of sp³-hybridized carbons (Fsp3) is 0.929. The van der Waals surface area contributed by atoms with Crippen molar-refractivity contribution in [3.8, 4) is 0 Å². The van der Waals surface area contributed by atoms with Crippen molar-refractivity contribution in [1.82, 2.24) is 5.48 Å². The first-order chi connectivity index (χ1) is 9.90. The van der Waals surface area contributed by atoms with Crippen LogP contribution in [0.5, 0.6) is 0 Å². The van der Waals surface area contributed by atoms with Crippen LogP contribution in [0.2, 0.25) is 0 Å². The molecule has 0 aromatic heterocycles. The predicted molar refractivity (Wildman–Crippen MR) is 75.1 cm³/mol. The second-order valence-electron chi connectivity index (χ2n) is 6.10. The van der Waals surface area contributed by atoms with Crippen molar-refractivity contribution in [2.75, 3.05) is 19.8 Å². The molecule has 2 unspecified atom stereocenters. The molecule has 1 saturated heterocycles. The van der Waals surface area contributed by atoms with Crippen LogP contribution in [-0.4, -0.2) is 48.6 Å². The Balaban J connectivity index is 1.95. The van der Waals surface area contributed by atoms with E-state index in [-0.39, 0.29) is 37.0 Å². The second kappa shape index (κ2) is 9.32. The number of rotatable bonds is 9. The first-order valence-electron chi connectivity index (χ1n) is 7.40. The quantitative estimate of drug-likeness (QED) is 0.285. The smallest absolute Gasteiger partial charge is 0.305 e. The number of ether oxygens (including phenoxy) is 2. The first kappa shape index (κ1) is 18.3. The molecule has 0 radical (unpaired) electrons. The molecule has 1 heterocycles. The van der Waals surface area contributed by atoms with Gasteiger partial charge in [0.2, 0.25) is 0 Å². The summed E-state index contributed by atoms with van der Waals surface area (Å²) in [6.45, 7) is 6.40. The molecule has 1 aliphatic rings. The molecule has 7 heteroatoms. The van der Waals surface area contributed by atoms with Gasteiger partial charge in [0.25, 0.3) is 0 Å². The van der Waals surface area contributed by atoms with Crippen LogP contribution in [-0.2, 0) is 24.1 Å². The summed E-state index contributed by atoms with van der Waals surface area (Å²) in [4.78, 5) is 21.3. The van der Waals surface area contributed by atoms with Gasteiger partial charge in [0.1, 0.15) is 6.61 Å². The fourth-order valence-electron chi connectivity index (χ4n) is 1.80.